The van der Waals surface area contributed by atoms with Gasteiger partial charge in [0.25, 0.3) is 0 Å². The topological polar surface area (TPSA) is 97.0 Å². The number of imide groups is 1. The van der Waals surface area contributed by atoms with E-state index in [9.17, 15) is 14.4 Å². The molecule has 1 aromatic carbocycles. The monoisotopic (exact) mass is 343 g/mol. The van der Waals surface area contributed by atoms with E-state index < -0.39 is 12.0 Å². The van der Waals surface area contributed by atoms with E-state index in [1.807, 2.05) is 5.32 Å². The molecule has 0 unspecified atom stereocenters. The fourth-order valence-corrected chi connectivity index (χ4v) is 1.89. The summed E-state index contributed by atoms with van der Waals surface area (Å²) in [6, 6.07) is 4.83. The van der Waals surface area contributed by atoms with Crippen LogP contribution in [0.3, 0.4) is 0 Å². The number of rotatable bonds is 6. The van der Waals surface area contributed by atoms with Crippen molar-refractivity contribution < 1.29 is 23.9 Å². The van der Waals surface area contributed by atoms with E-state index in [1.165, 1.54) is 12.0 Å². The normalized spacial score (nSPS) is 10.1. The van der Waals surface area contributed by atoms with Gasteiger partial charge in [-0.2, -0.15) is 0 Å². The molecule has 8 nitrogen and oxygen atoms in total. The van der Waals surface area contributed by atoms with E-state index in [0.29, 0.717) is 16.5 Å². The zero-order valence-corrected chi connectivity index (χ0v) is 13.8. The van der Waals surface area contributed by atoms with Crippen LogP contribution in [0.2, 0.25) is 5.02 Å². The highest BCUT2D eigenvalue weighted by Gasteiger charge is 2.14. The molecule has 0 saturated carbocycles. The molecule has 0 aliphatic heterocycles. The molecule has 0 spiro atoms. The second kappa shape index (κ2) is 8.96. The number of methoxy groups -OCH3 is 2. The van der Waals surface area contributed by atoms with E-state index in [0.717, 1.165) is 7.11 Å². The van der Waals surface area contributed by atoms with Gasteiger partial charge in [0.15, 0.2) is 0 Å². The third-order valence-corrected chi connectivity index (χ3v) is 2.92. The molecular weight excluding hydrogens is 326 g/mol. The Morgan fingerprint density at radius 3 is 2.43 bits per heavy atom. The Balaban J connectivity index is 2.55. The molecule has 0 aliphatic rings. The summed E-state index contributed by atoms with van der Waals surface area (Å²) in [5.74, 6) is -0.472. The van der Waals surface area contributed by atoms with Crippen LogP contribution in [0.1, 0.15) is 0 Å². The van der Waals surface area contributed by atoms with Crippen molar-refractivity contribution in [2.45, 2.75) is 0 Å². The standard InChI is InChI=1S/C14H18ClN3O5/c1-18(8-13(20)17-14(21)23-3)7-12(19)16-10-6-9(15)4-5-11(10)22-2/h4-6H,7-8H2,1-3H3,(H,16,19)(H,17,20,21). The third-order valence-electron chi connectivity index (χ3n) is 2.69. The van der Waals surface area contributed by atoms with Crippen LogP contribution in [0, 0.1) is 0 Å². The van der Waals surface area contributed by atoms with Crippen molar-refractivity contribution in [3.05, 3.63) is 23.2 Å². The molecule has 3 amide bonds. The lowest BCUT2D eigenvalue weighted by molar-refractivity contribution is -0.122. The highest BCUT2D eigenvalue weighted by atomic mass is 35.5. The van der Waals surface area contributed by atoms with Crippen molar-refractivity contribution in [1.29, 1.82) is 0 Å². The summed E-state index contributed by atoms with van der Waals surface area (Å²) in [6.45, 7) is -0.209. The number of anilines is 1. The molecule has 0 heterocycles. The number of benzene rings is 1. The lowest BCUT2D eigenvalue weighted by atomic mass is 10.3. The molecule has 0 bridgehead atoms. The van der Waals surface area contributed by atoms with Crippen LogP contribution in [0.5, 0.6) is 5.75 Å². The number of carbonyl (C=O) groups excluding carboxylic acids is 3. The maximum Gasteiger partial charge on any atom is 0.413 e. The van der Waals surface area contributed by atoms with Gasteiger partial charge in [0.05, 0.1) is 33.0 Å². The van der Waals surface area contributed by atoms with Crippen LogP contribution >= 0.6 is 11.6 Å². The first-order valence-electron chi connectivity index (χ1n) is 6.55. The van der Waals surface area contributed by atoms with Gasteiger partial charge < -0.3 is 14.8 Å². The highest BCUT2D eigenvalue weighted by Crippen LogP contribution is 2.27. The van der Waals surface area contributed by atoms with E-state index in [4.69, 9.17) is 16.3 Å². The number of hydrogen-bond donors (Lipinski definition) is 2. The van der Waals surface area contributed by atoms with Gasteiger partial charge in [0, 0.05) is 5.02 Å². The summed E-state index contributed by atoms with van der Waals surface area (Å²) in [5.41, 5.74) is 0.428. The van der Waals surface area contributed by atoms with Crippen molar-refractivity contribution in [2.24, 2.45) is 0 Å². The number of nitrogens with one attached hydrogen (secondary N) is 2. The molecule has 1 aromatic rings. The van der Waals surface area contributed by atoms with Crippen molar-refractivity contribution in [2.75, 3.05) is 39.7 Å². The van der Waals surface area contributed by atoms with Gasteiger partial charge in [-0.05, 0) is 25.2 Å². The zero-order chi connectivity index (χ0) is 17.4. The van der Waals surface area contributed by atoms with Crippen LogP contribution in [0.4, 0.5) is 10.5 Å². The fraction of sp³-hybridized carbons (Fsp3) is 0.357. The van der Waals surface area contributed by atoms with Crippen molar-refractivity contribution in [3.8, 4) is 5.75 Å². The average molecular weight is 344 g/mol. The smallest absolute Gasteiger partial charge is 0.413 e. The second-order valence-electron chi connectivity index (χ2n) is 4.60. The Morgan fingerprint density at radius 2 is 1.83 bits per heavy atom. The van der Waals surface area contributed by atoms with Gasteiger partial charge in [0.2, 0.25) is 11.8 Å². The van der Waals surface area contributed by atoms with Gasteiger partial charge in [-0.1, -0.05) is 11.6 Å². The molecule has 0 atom stereocenters. The van der Waals surface area contributed by atoms with Crippen LogP contribution < -0.4 is 15.4 Å². The molecule has 0 aromatic heterocycles. The van der Waals surface area contributed by atoms with Crippen molar-refractivity contribution in [1.82, 2.24) is 10.2 Å². The number of likely N-dealkylation sites (N-methyl/N-ethyl adjacent to an activating group) is 1. The zero-order valence-electron chi connectivity index (χ0n) is 13.0. The molecule has 1 rings (SSSR count). The van der Waals surface area contributed by atoms with Crippen molar-refractivity contribution in [3.63, 3.8) is 0 Å². The lowest BCUT2D eigenvalue weighted by Gasteiger charge is -2.16. The maximum absolute atomic E-state index is 12.0. The van der Waals surface area contributed by atoms with Gasteiger partial charge in [-0.25, -0.2) is 4.79 Å². The number of ether oxygens (including phenoxy) is 2. The van der Waals surface area contributed by atoms with Crippen LogP contribution in [-0.2, 0) is 14.3 Å². The van der Waals surface area contributed by atoms with Gasteiger partial charge in [-0.3, -0.25) is 19.8 Å². The quantitative estimate of drug-likeness (QED) is 0.803. The Hall–Kier alpha value is -2.32. The van der Waals surface area contributed by atoms with Crippen molar-refractivity contribution >= 4 is 35.2 Å². The number of hydrogen-bond acceptors (Lipinski definition) is 6. The minimum Gasteiger partial charge on any atom is -0.495 e. The molecule has 23 heavy (non-hydrogen) atoms. The van der Waals surface area contributed by atoms with E-state index in [-0.39, 0.29) is 19.0 Å². The molecule has 0 aliphatic carbocycles. The second-order valence-corrected chi connectivity index (χ2v) is 5.04. The Bertz CT molecular complexity index is 594. The summed E-state index contributed by atoms with van der Waals surface area (Å²) < 4.78 is 9.43. The number of nitrogens with zero attached hydrogens (tertiary/aromatic N) is 1. The minimum atomic E-state index is -0.850. The van der Waals surface area contributed by atoms with Crippen LogP contribution in [0.15, 0.2) is 18.2 Å². The minimum absolute atomic E-state index is 0.0652. The van der Waals surface area contributed by atoms with E-state index in [2.05, 4.69) is 10.1 Å². The predicted octanol–water partition coefficient (Wildman–Crippen LogP) is 1.10. The highest BCUT2D eigenvalue weighted by molar-refractivity contribution is 6.31. The largest absolute Gasteiger partial charge is 0.495 e. The summed E-state index contributed by atoms with van der Waals surface area (Å²) in [4.78, 5) is 35.8. The number of amides is 3. The molecule has 2 N–H and O–H groups in total. The Morgan fingerprint density at radius 1 is 1.17 bits per heavy atom. The molecule has 0 saturated heterocycles. The summed E-state index contributed by atoms with van der Waals surface area (Å²) >= 11 is 5.88. The first-order valence-corrected chi connectivity index (χ1v) is 6.93. The van der Waals surface area contributed by atoms with Crippen LogP contribution in [-0.4, -0.2) is 57.2 Å². The SMILES string of the molecule is COC(=O)NC(=O)CN(C)CC(=O)Nc1cc(Cl)ccc1OC. The first kappa shape index (κ1) is 18.7. The third kappa shape index (κ3) is 6.54. The summed E-state index contributed by atoms with van der Waals surface area (Å²) in [6.07, 6.45) is -0.850. The predicted molar refractivity (Wildman–Crippen MR) is 84.7 cm³/mol. The van der Waals surface area contributed by atoms with Gasteiger partial charge in [0.1, 0.15) is 5.75 Å². The molecule has 9 heteroatoms. The van der Waals surface area contributed by atoms with E-state index in [1.54, 1.807) is 25.2 Å². The molecular formula is C14H18ClN3O5. The molecule has 0 radical (unpaired) electrons. The number of halogens is 1. The number of carbonyl (C=O) groups is 3. The average Bonchev–Trinajstić information content (AvgIpc) is 2.46. The fourth-order valence-electron chi connectivity index (χ4n) is 1.72. The summed E-state index contributed by atoms with van der Waals surface area (Å²) in [5, 5.41) is 5.09. The maximum atomic E-state index is 12.0. The van der Waals surface area contributed by atoms with Gasteiger partial charge in [-0.15, -0.1) is 0 Å². The van der Waals surface area contributed by atoms with Gasteiger partial charge >= 0.3 is 6.09 Å². The summed E-state index contributed by atoms with van der Waals surface area (Å²) in [7, 11) is 4.19. The van der Waals surface area contributed by atoms with Crippen LogP contribution in [0.25, 0.3) is 0 Å². The Labute approximate surface area is 138 Å². The van der Waals surface area contributed by atoms with E-state index >= 15 is 0 Å². The first-order chi connectivity index (χ1) is 10.8. The lowest BCUT2D eigenvalue weighted by Crippen LogP contribution is -2.41. The molecule has 0 fully saturated rings. The number of alkyl carbamates (subject to hydrolysis) is 1. The molecule has 126 valence electrons. The Kier molecular flexibility index (Phi) is 7.30.